The third-order valence-electron chi connectivity index (χ3n) is 4.68. The molecule has 1 atom stereocenters. The number of nitrogens with one attached hydrogen (secondary N) is 1. The number of nitrogens with zero attached hydrogens (tertiary/aromatic N) is 2. The smallest absolute Gasteiger partial charge is 0.306 e. The average molecular weight is 313 g/mol. The lowest BCUT2D eigenvalue weighted by atomic mass is 9.99. The Hall–Kier alpha value is -2.14. The second kappa shape index (κ2) is 6.54. The van der Waals surface area contributed by atoms with Crippen molar-refractivity contribution in [2.45, 2.75) is 38.3 Å². The van der Waals surface area contributed by atoms with Crippen LogP contribution in [0, 0.1) is 0 Å². The van der Waals surface area contributed by atoms with Crippen molar-refractivity contribution in [1.29, 1.82) is 0 Å². The number of aromatic nitrogens is 2. The van der Waals surface area contributed by atoms with Crippen LogP contribution in [0.1, 0.15) is 42.0 Å². The van der Waals surface area contributed by atoms with Crippen LogP contribution in [-0.4, -0.2) is 9.13 Å². The van der Waals surface area contributed by atoms with E-state index in [4.69, 9.17) is 0 Å². The van der Waals surface area contributed by atoms with Crippen LogP contribution in [-0.2, 0) is 27.1 Å². The molecule has 0 saturated heterocycles. The van der Waals surface area contributed by atoms with E-state index in [0.29, 0.717) is 12.1 Å². The summed E-state index contributed by atoms with van der Waals surface area (Å²) in [6, 6.07) is 8.79. The molecule has 0 amide bonds. The Morgan fingerprint density at radius 1 is 1.17 bits per heavy atom. The molecule has 1 aromatic heterocycles. The van der Waals surface area contributed by atoms with Gasteiger partial charge in [0.15, 0.2) is 0 Å². The summed E-state index contributed by atoms with van der Waals surface area (Å²) in [6.45, 7) is 0.472. The van der Waals surface area contributed by atoms with Gasteiger partial charge in [-0.25, -0.2) is 4.79 Å². The Labute approximate surface area is 135 Å². The summed E-state index contributed by atoms with van der Waals surface area (Å²) in [6.07, 6.45) is 6.22. The van der Waals surface area contributed by atoms with Gasteiger partial charge in [-0.1, -0.05) is 30.7 Å². The Balaban J connectivity index is 1.84. The van der Waals surface area contributed by atoms with E-state index < -0.39 is 0 Å². The van der Waals surface area contributed by atoms with E-state index in [9.17, 15) is 9.59 Å². The van der Waals surface area contributed by atoms with E-state index in [0.717, 1.165) is 17.4 Å². The van der Waals surface area contributed by atoms with Crippen LogP contribution < -0.4 is 16.6 Å². The largest absolute Gasteiger partial charge is 0.330 e. The molecule has 0 radical (unpaired) electrons. The molecular formula is C18H23N3O2. The highest BCUT2D eigenvalue weighted by atomic mass is 16.2. The highest BCUT2D eigenvalue weighted by molar-refractivity contribution is 5.31. The molecule has 3 rings (SSSR count). The minimum Gasteiger partial charge on any atom is -0.306 e. The number of fused-ring (bicyclic) bond motifs is 1. The lowest BCUT2D eigenvalue weighted by Gasteiger charge is -2.19. The molecule has 0 unspecified atom stereocenters. The van der Waals surface area contributed by atoms with Crippen molar-refractivity contribution in [3.8, 4) is 0 Å². The minimum absolute atomic E-state index is 0.220. The number of hydrogen-bond acceptors (Lipinski definition) is 3. The summed E-state index contributed by atoms with van der Waals surface area (Å²) >= 11 is 0. The van der Waals surface area contributed by atoms with E-state index in [1.807, 2.05) is 0 Å². The molecule has 0 fully saturated rings. The van der Waals surface area contributed by atoms with Gasteiger partial charge in [-0.05, 0) is 30.4 Å². The molecule has 23 heavy (non-hydrogen) atoms. The van der Waals surface area contributed by atoms with Crippen LogP contribution in [0.15, 0.2) is 40.1 Å². The number of hydrogen-bond donors (Lipinski definition) is 1. The maximum absolute atomic E-state index is 12.2. The van der Waals surface area contributed by atoms with Crippen molar-refractivity contribution in [2.75, 3.05) is 0 Å². The first-order valence-electron chi connectivity index (χ1n) is 8.14. The van der Waals surface area contributed by atoms with Crippen LogP contribution in [0.2, 0.25) is 0 Å². The van der Waals surface area contributed by atoms with Gasteiger partial charge in [0.2, 0.25) is 0 Å². The molecule has 0 aliphatic heterocycles. The third kappa shape index (κ3) is 3.15. The van der Waals surface area contributed by atoms with Crippen LogP contribution in [0.4, 0.5) is 0 Å². The molecule has 1 aliphatic carbocycles. The van der Waals surface area contributed by atoms with E-state index in [2.05, 4.69) is 29.6 Å². The number of rotatable bonds is 3. The molecule has 1 aliphatic rings. The van der Waals surface area contributed by atoms with Gasteiger partial charge in [-0.2, -0.15) is 0 Å². The third-order valence-corrected chi connectivity index (χ3v) is 4.68. The minimum atomic E-state index is -0.293. The predicted octanol–water partition coefficient (Wildman–Crippen LogP) is 1.64. The van der Waals surface area contributed by atoms with Crippen molar-refractivity contribution < 1.29 is 0 Å². The fourth-order valence-corrected chi connectivity index (χ4v) is 3.37. The second-order valence-corrected chi connectivity index (χ2v) is 6.29. The van der Waals surface area contributed by atoms with E-state index in [-0.39, 0.29) is 17.3 Å². The van der Waals surface area contributed by atoms with E-state index in [1.54, 1.807) is 13.2 Å². The molecule has 5 heteroatoms. The molecule has 0 spiro atoms. The van der Waals surface area contributed by atoms with Gasteiger partial charge < -0.3 is 9.88 Å². The predicted molar refractivity (Wildman–Crippen MR) is 90.5 cm³/mol. The Morgan fingerprint density at radius 3 is 2.78 bits per heavy atom. The zero-order valence-corrected chi connectivity index (χ0v) is 13.7. The van der Waals surface area contributed by atoms with Crippen molar-refractivity contribution in [3.63, 3.8) is 0 Å². The zero-order valence-electron chi connectivity index (χ0n) is 13.7. The SMILES string of the molecule is Cn1cc(CN[C@@H]2CCCCc3ccccc32)c(=O)n(C)c1=O. The molecule has 2 aromatic rings. The Kier molecular flexibility index (Phi) is 4.48. The lowest BCUT2D eigenvalue weighted by molar-refractivity contribution is 0.483. The van der Waals surface area contributed by atoms with Gasteiger partial charge in [0.25, 0.3) is 5.56 Å². The summed E-state index contributed by atoms with van der Waals surface area (Å²) in [5.74, 6) is 0. The summed E-state index contributed by atoms with van der Waals surface area (Å²) < 4.78 is 2.62. The Bertz CT molecular complexity index is 820. The normalized spacial score (nSPS) is 17.6. The summed E-state index contributed by atoms with van der Waals surface area (Å²) in [7, 11) is 3.20. The monoisotopic (exact) mass is 313 g/mol. The van der Waals surface area contributed by atoms with Crippen molar-refractivity contribution in [1.82, 2.24) is 14.5 Å². The number of aryl methyl sites for hydroxylation is 2. The van der Waals surface area contributed by atoms with Crippen LogP contribution >= 0.6 is 0 Å². The lowest BCUT2D eigenvalue weighted by Crippen LogP contribution is -2.39. The summed E-state index contributed by atoms with van der Waals surface area (Å²) in [5.41, 5.74) is 2.85. The van der Waals surface area contributed by atoms with Crippen molar-refractivity contribution in [2.24, 2.45) is 14.1 Å². The summed E-state index contributed by atoms with van der Waals surface area (Å²) in [4.78, 5) is 24.0. The molecule has 1 N–H and O–H groups in total. The van der Waals surface area contributed by atoms with Gasteiger partial charge in [0.05, 0.1) is 0 Å². The van der Waals surface area contributed by atoms with Gasteiger partial charge in [-0.15, -0.1) is 0 Å². The van der Waals surface area contributed by atoms with Crippen LogP contribution in [0.25, 0.3) is 0 Å². The quantitative estimate of drug-likeness (QED) is 0.877. The molecule has 1 aromatic carbocycles. The topological polar surface area (TPSA) is 56.0 Å². The van der Waals surface area contributed by atoms with Gasteiger partial charge in [0.1, 0.15) is 0 Å². The zero-order chi connectivity index (χ0) is 16.4. The maximum Gasteiger partial charge on any atom is 0.330 e. The standard InChI is InChI=1S/C18H23N3O2/c1-20-12-14(17(22)21(2)18(20)23)11-19-16-10-6-4-8-13-7-3-5-9-15(13)16/h3,5,7,9,12,16,19H,4,6,8,10-11H2,1-2H3/t16-/m1/s1. The summed E-state index contributed by atoms with van der Waals surface area (Å²) in [5, 5.41) is 3.52. The highest BCUT2D eigenvalue weighted by Gasteiger charge is 2.18. The fraction of sp³-hybridized carbons (Fsp3) is 0.444. The van der Waals surface area contributed by atoms with Crippen LogP contribution in [0.3, 0.4) is 0 Å². The molecule has 122 valence electrons. The molecular weight excluding hydrogens is 290 g/mol. The highest BCUT2D eigenvalue weighted by Crippen LogP contribution is 2.28. The van der Waals surface area contributed by atoms with Gasteiger partial charge in [-0.3, -0.25) is 9.36 Å². The maximum atomic E-state index is 12.2. The van der Waals surface area contributed by atoms with Gasteiger partial charge in [0, 0.05) is 38.4 Å². The first kappa shape index (κ1) is 15.7. The van der Waals surface area contributed by atoms with E-state index in [1.165, 1.54) is 35.6 Å². The first-order valence-corrected chi connectivity index (χ1v) is 8.14. The fourth-order valence-electron chi connectivity index (χ4n) is 3.37. The molecule has 0 saturated carbocycles. The van der Waals surface area contributed by atoms with E-state index >= 15 is 0 Å². The molecule has 1 heterocycles. The Morgan fingerprint density at radius 2 is 1.96 bits per heavy atom. The molecule has 0 bridgehead atoms. The average Bonchev–Trinajstić information content (AvgIpc) is 2.77. The first-order chi connectivity index (χ1) is 11.1. The number of benzene rings is 1. The van der Waals surface area contributed by atoms with Gasteiger partial charge >= 0.3 is 5.69 Å². The molecule has 5 nitrogen and oxygen atoms in total. The van der Waals surface area contributed by atoms with Crippen molar-refractivity contribution >= 4 is 0 Å². The van der Waals surface area contributed by atoms with Crippen molar-refractivity contribution in [3.05, 3.63) is 68.0 Å². The van der Waals surface area contributed by atoms with Crippen LogP contribution in [0.5, 0.6) is 0 Å². The second-order valence-electron chi connectivity index (χ2n) is 6.29.